The molecule has 8 heteroatoms. The van der Waals surface area contributed by atoms with Crippen molar-refractivity contribution in [3.8, 4) is 0 Å². The summed E-state index contributed by atoms with van der Waals surface area (Å²) in [4.78, 5) is 38.7. The van der Waals surface area contributed by atoms with Crippen molar-refractivity contribution in [3.05, 3.63) is 0 Å². The van der Waals surface area contributed by atoms with Gasteiger partial charge in [-0.25, -0.2) is 0 Å². The van der Waals surface area contributed by atoms with Gasteiger partial charge in [0.1, 0.15) is 5.60 Å². The summed E-state index contributed by atoms with van der Waals surface area (Å²) in [6, 6.07) is 0. The molecule has 8 nitrogen and oxygen atoms in total. The summed E-state index contributed by atoms with van der Waals surface area (Å²) in [5.41, 5.74) is -2.69. The number of carboxylic acid groups (broad SMARTS) is 1. The van der Waals surface area contributed by atoms with Crippen LogP contribution in [0, 0.1) is 34.5 Å². The van der Waals surface area contributed by atoms with Gasteiger partial charge >= 0.3 is 17.9 Å². The van der Waals surface area contributed by atoms with Gasteiger partial charge in [0.25, 0.3) is 0 Å². The van der Waals surface area contributed by atoms with Crippen molar-refractivity contribution in [1.82, 2.24) is 0 Å². The lowest BCUT2D eigenvalue weighted by Gasteiger charge is -2.42. The fourth-order valence-corrected chi connectivity index (χ4v) is 6.36. The molecule has 7 unspecified atom stereocenters. The van der Waals surface area contributed by atoms with Gasteiger partial charge in [0.2, 0.25) is 6.29 Å². The third-order valence-electron chi connectivity index (χ3n) is 9.14. The molecule has 1 aliphatic heterocycles. The molecule has 226 valence electrons. The van der Waals surface area contributed by atoms with Crippen LogP contribution >= 0.6 is 0 Å². The standard InChI is InChI=1S/C31H54O8/c1-9-31(8,27(34)35)19-22(26(33)38-25-12-10-11-15-37-25)16-21(3)18-29(4,5)28(36)39-30(6,7)23-14-13-20(2)17-24(23)32/h20-25,32H,9-19H2,1-8H3,(H,34,35). The van der Waals surface area contributed by atoms with Gasteiger partial charge in [0, 0.05) is 12.3 Å². The highest BCUT2D eigenvalue weighted by Crippen LogP contribution is 2.41. The number of hydrogen-bond donors (Lipinski definition) is 2. The lowest BCUT2D eigenvalue weighted by Crippen LogP contribution is -2.47. The van der Waals surface area contributed by atoms with Crippen molar-refractivity contribution in [1.29, 1.82) is 0 Å². The second-order valence-electron chi connectivity index (χ2n) is 13.9. The maximum Gasteiger partial charge on any atom is 0.312 e. The summed E-state index contributed by atoms with van der Waals surface area (Å²) in [5.74, 6) is -2.06. The summed E-state index contributed by atoms with van der Waals surface area (Å²) >= 11 is 0. The minimum atomic E-state index is -1.06. The van der Waals surface area contributed by atoms with Gasteiger partial charge in [-0.05, 0) is 97.8 Å². The Balaban J connectivity index is 2.09. The van der Waals surface area contributed by atoms with E-state index in [9.17, 15) is 24.6 Å². The summed E-state index contributed by atoms with van der Waals surface area (Å²) in [7, 11) is 0. The predicted molar refractivity (Wildman–Crippen MR) is 149 cm³/mol. The second kappa shape index (κ2) is 13.8. The molecule has 1 aliphatic carbocycles. The highest BCUT2D eigenvalue weighted by atomic mass is 16.7. The molecule has 0 aromatic carbocycles. The Morgan fingerprint density at radius 3 is 2.23 bits per heavy atom. The van der Waals surface area contributed by atoms with Crippen molar-refractivity contribution in [2.45, 2.75) is 138 Å². The number of ether oxygens (including phenoxy) is 3. The molecule has 0 amide bonds. The van der Waals surface area contributed by atoms with Crippen LogP contribution in [0.3, 0.4) is 0 Å². The molecule has 2 aliphatic rings. The maximum absolute atomic E-state index is 13.4. The largest absolute Gasteiger partial charge is 0.481 e. The molecule has 1 heterocycles. The SMILES string of the molecule is CCC(C)(CC(CC(C)CC(C)(C)C(=O)OC(C)(C)C1CCC(C)CC1O)C(=O)OC1CCCCO1)C(=O)O. The molecule has 0 radical (unpaired) electrons. The van der Waals surface area contributed by atoms with E-state index in [2.05, 4.69) is 6.92 Å². The van der Waals surface area contributed by atoms with Crippen molar-refractivity contribution in [3.63, 3.8) is 0 Å². The number of esters is 2. The van der Waals surface area contributed by atoms with E-state index in [0.29, 0.717) is 44.6 Å². The Morgan fingerprint density at radius 2 is 1.69 bits per heavy atom. The molecule has 0 aromatic rings. The first-order valence-electron chi connectivity index (χ1n) is 15.0. The van der Waals surface area contributed by atoms with Gasteiger partial charge in [-0.3, -0.25) is 14.4 Å². The number of aliphatic hydroxyl groups excluding tert-OH is 1. The molecule has 0 spiro atoms. The summed E-state index contributed by atoms with van der Waals surface area (Å²) in [6.45, 7) is 15.6. The third-order valence-corrected chi connectivity index (χ3v) is 9.14. The average molecular weight is 555 g/mol. The fraction of sp³-hybridized carbons (Fsp3) is 0.903. The molecular weight excluding hydrogens is 500 g/mol. The van der Waals surface area contributed by atoms with Crippen LogP contribution in [0.25, 0.3) is 0 Å². The third kappa shape index (κ3) is 9.44. The Labute approximate surface area is 235 Å². The molecule has 7 atom stereocenters. The normalized spacial score (nSPS) is 27.6. The molecule has 0 aromatic heterocycles. The first-order valence-corrected chi connectivity index (χ1v) is 15.0. The van der Waals surface area contributed by atoms with Crippen molar-refractivity contribution >= 4 is 17.9 Å². The lowest BCUT2D eigenvalue weighted by atomic mass is 9.72. The summed E-state index contributed by atoms with van der Waals surface area (Å²) in [6.07, 6.45) is 5.33. The predicted octanol–water partition coefficient (Wildman–Crippen LogP) is 6.12. The van der Waals surface area contributed by atoms with Crippen LogP contribution in [-0.4, -0.2) is 52.7 Å². The van der Waals surface area contributed by atoms with Gasteiger partial charge in [-0.2, -0.15) is 0 Å². The Kier molecular flexibility index (Phi) is 11.9. The van der Waals surface area contributed by atoms with Crippen LogP contribution < -0.4 is 0 Å². The first kappa shape index (κ1) is 33.5. The second-order valence-corrected chi connectivity index (χ2v) is 13.9. The minimum absolute atomic E-state index is 0.0727. The van der Waals surface area contributed by atoms with E-state index >= 15 is 0 Å². The number of aliphatic carboxylic acids is 1. The topological polar surface area (TPSA) is 119 Å². The monoisotopic (exact) mass is 554 g/mol. The van der Waals surface area contributed by atoms with Crippen molar-refractivity contribution < 1.29 is 38.8 Å². The Bertz CT molecular complexity index is 830. The minimum Gasteiger partial charge on any atom is -0.481 e. The van der Waals surface area contributed by atoms with Crippen LogP contribution in [0.2, 0.25) is 0 Å². The number of carbonyl (C=O) groups excluding carboxylic acids is 2. The number of carbonyl (C=O) groups is 3. The van der Waals surface area contributed by atoms with E-state index in [1.54, 1.807) is 6.92 Å². The summed E-state index contributed by atoms with van der Waals surface area (Å²) < 4.78 is 17.3. The molecule has 2 N–H and O–H groups in total. The molecule has 0 bridgehead atoms. The molecular formula is C31H54O8. The van der Waals surface area contributed by atoms with E-state index in [-0.39, 0.29) is 24.2 Å². The van der Waals surface area contributed by atoms with Crippen LogP contribution in [0.1, 0.15) is 120 Å². The van der Waals surface area contributed by atoms with E-state index in [1.165, 1.54) is 0 Å². The van der Waals surface area contributed by atoms with Crippen LogP contribution in [0.5, 0.6) is 0 Å². The van der Waals surface area contributed by atoms with Gasteiger partial charge < -0.3 is 24.4 Å². The maximum atomic E-state index is 13.4. The smallest absolute Gasteiger partial charge is 0.312 e. The molecule has 1 saturated carbocycles. The van der Waals surface area contributed by atoms with Crippen molar-refractivity contribution in [2.24, 2.45) is 34.5 Å². The van der Waals surface area contributed by atoms with Gasteiger partial charge in [0.05, 0.1) is 29.5 Å². The van der Waals surface area contributed by atoms with Crippen LogP contribution in [0.15, 0.2) is 0 Å². The van der Waals surface area contributed by atoms with Crippen LogP contribution in [0.4, 0.5) is 0 Å². The first-order chi connectivity index (χ1) is 18.0. The van der Waals surface area contributed by atoms with E-state index in [1.807, 2.05) is 41.5 Å². The molecule has 2 rings (SSSR count). The Hall–Kier alpha value is -1.67. The van der Waals surface area contributed by atoms with Gasteiger partial charge in [0.15, 0.2) is 0 Å². The molecule has 1 saturated heterocycles. The van der Waals surface area contributed by atoms with Crippen LogP contribution in [-0.2, 0) is 28.6 Å². The van der Waals surface area contributed by atoms with Crippen molar-refractivity contribution in [2.75, 3.05) is 6.61 Å². The Morgan fingerprint density at radius 1 is 1.03 bits per heavy atom. The molecule has 2 fully saturated rings. The number of hydrogen-bond acceptors (Lipinski definition) is 7. The zero-order chi connectivity index (χ0) is 29.6. The van der Waals surface area contributed by atoms with E-state index in [0.717, 1.165) is 25.7 Å². The number of aliphatic hydroxyl groups is 1. The van der Waals surface area contributed by atoms with E-state index in [4.69, 9.17) is 14.2 Å². The number of rotatable bonds is 13. The highest BCUT2D eigenvalue weighted by molar-refractivity contribution is 5.78. The zero-order valence-corrected chi connectivity index (χ0v) is 25.6. The highest BCUT2D eigenvalue weighted by Gasteiger charge is 2.44. The average Bonchev–Trinajstić information content (AvgIpc) is 2.83. The summed E-state index contributed by atoms with van der Waals surface area (Å²) in [5, 5.41) is 20.5. The van der Waals surface area contributed by atoms with Gasteiger partial charge in [-0.15, -0.1) is 0 Å². The molecule has 39 heavy (non-hydrogen) atoms. The fourth-order valence-electron chi connectivity index (χ4n) is 6.36. The van der Waals surface area contributed by atoms with Gasteiger partial charge in [-0.1, -0.05) is 27.2 Å². The quantitative estimate of drug-likeness (QED) is 0.261. The lowest BCUT2D eigenvalue weighted by molar-refractivity contribution is -0.193. The number of carboxylic acids is 1. The zero-order valence-electron chi connectivity index (χ0n) is 25.6. The van der Waals surface area contributed by atoms with E-state index < -0.39 is 46.7 Å².